The van der Waals surface area contributed by atoms with E-state index in [0.717, 1.165) is 5.69 Å². The van der Waals surface area contributed by atoms with Gasteiger partial charge in [-0.3, -0.25) is 10.1 Å². The fraction of sp³-hybridized carbons (Fsp3) is 0.300. The van der Waals surface area contributed by atoms with Crippen molar-refractivity contribution in [3.63, 3.8) is 0 Å². The van der Waals surface area contributed by atoms with Crippen molar-refractivity contribution in [2.45, 2.75) is 6.04 Å². The normalized spacial score (nSPS) is 21.1. The minimum absolute atomic E-state index is 0.449. The van der Waals surface area contributed by atoms with E-state index in [1.807, 2.05) is 35.2 Å². The summed E-state index contributed by atoms with van der Waals surface area (Å²) in [4.78, 5) is 12.7. The van der Waals surface area contributed by atoms with Crippen molar-refractivity contribution in [3.05, 3.63) is 30.3 Å². The minimum atomic E-state index is -0.788. The lowest BCUT2D eigenvalue weighted by molar-refractivity contribution is -0.138. The van der Waals surface area contributed by atoms with Crippen LogP contribution in [0.25, 0.3) is 0 Å². The standard InChI is InChI=1S/C10H12N2O2/c13-10(14)9-6-12(7-11-9)8-4-2-1-3-5-8/h1-5,9,11H,6-7H2,(H,13,14). The third kappa shape index (κ3) is 1.70. The zero-order valence-electron chi connectivity index (χ0n) is 7.68. The second-order valence-corrected chi connectivity index (χ2v) is 3.31. The minimum Gasteiger partial charge on any atom is -0.480 e. The maximum Gasteiger partial charge on any atom is 0.322 e. The van der Waals surface area contributed by atoms with Gasteiger partial charge in [0.05, 0.1) is 6.67 Å². The quantitative estimate of drug-likeness (QED) is 0.716. The van der Waals surface area contributed by atoms with Crippen LogP contribution >= 0.6 is 0 Å². The second-order valence-electron chi connectivity index (χ2n) is 3.31. The zero-order chi connectivity index (χ0) is 9.97. The van der Waals surface area contributed by atoms with Gasteiger partial charge in [-0.2, -0.15) is 0 Å². The summed E-state index contributed by atoms with van der Waals surface area (Å²) in [6.45, 7) is 1.13. The Morgan fingerprint density at radius 2 is 2.14 bits per heavy atom. The summed E-state index contributed by atoms with van der Waals surface area (Å²) in [5.74, 6) is -0.788. The molecule has 0 saturated carbocycles. The highest BCUT2D eigenvalue weighted by Crippen LogP contribution is 2.15. The lowest BCUT2D eigenvalue weighted by Crippen LogP contribution is -2.32. The number of nitrogens with one attached hydrogen (secondary N) is 1. The predicted octanol–water partition coefficient (Wildman–Crippen LogP) is 0.507. The van der Waals surface area contributed by atoms with E-state index in [1.165, 1.54) is 0 Å². The molecule has 0 amide bonds. The smallest absolute Gasteiger partial charge is 0.322 e. The van der Waals surface area contributed by atoms with Crippen LogP contribution in [0.4, 0.5) is 5.69 Å². The van der Waals surface area contributed by atoms with Gasteiger partial charge in [0.25, 0.3) is 0 Å². The van der Waals surface area contributed by atoms with E-state index in [1.54, 1.807) is 0 Å². The molecule has 2 N–H and O–H groups in total. The molecular formula is C10H12N2O2. The summed E-state index contributed by atoms with van der Waals surface area (Å²) in [5, 5.41) is 11.7. The highest BCUT2D eigenvalue weighted by Gasteiger charge is 2.26. The molecule has 1 aromatic carbocycles. The van der Waals surface area contributed by atoms with Crippen LogP contribution in [-0.4, -0.2) is 30.3 Å². The van der Waals surface area contributed by atoms with Crippen LogP contribution in [0, 0.1) is 0 Å². The first kappa shape index (κ1) is 9.02. The summed E-state index contributed by atoms with van der Waals surface area (Å²) in [6.07, 6.45) is 0. The Morgan fingerprint density at radius 3 is 2.71 bits per heavy atom. The number of carbonyl (C=O) groups is 1. The van der Waals surface area contributed by atoms with Gasteiger partial charge in [0.1, 0.15) is 6.04 Å². The molecule has 1 aliphatic heterocycles. The third-order valence-electron chi connectivity index (χ3n) is 2.35. The van der Waals surface area contributed by atoms with Gasteiger partial charge in [-0.15, -0.1) is 0 Å². The maximum absolute atomic E-state index is 10.7. The summed E-state index contributed by atoms with van der Waals surface area (Å²) in [7, 11) is 0. The molecule has 14 heavy (non-hydrogen) atoms. The average molecular weight is 192 g/mol. The fourth-order valence-electron chi connectivity index (χ4n) is 1.57. The van der Waals surface area contributed by atoms with E-state index in [0.29, 0.717) is 13.2 Å². The van der Waals surface area contributed by atoms with Crippen molar-refractivity contribution in [1.82, 2.24) is 5.32 Å². The second kappa shape index (κ2) is 3.67. The zero-order valence-corrected chi connectivity index (χ0v) is 7.68. The number of anilines is 1. The van der Waals surface area contributed by atoms with Crippen molar-refractivity contribution in [3.8, 4) is 0 Å². The molecule has 0 spiro atoms. The molecule has 1 aliphatic rings. The lowest BCUT2D eigenvalue weighted by atomic mass is 10.2. The number of hydrogen-bond acceptors (Lipinski definition) is 3. The van der Waals surface area contributed by atoms with Crippen LogP contribution in [0.5, 0.6) is 0 Å². The van der Waals surface area contributed by atoms with E-state index in [-0.39, 0.29) is 0 Å². The monoisotopic (exact) mass is 192 g/mol. The van der Waals surface area contributed by atoms with Crippen LogP contribution in [-0.2, 0) is 4.79 Å². The molecule has 1 fully saturated rings. The number of hydrogen-bond donors (Lipinski definition) is 2. The molecule has 2 rings (SSSR count). The van der Waals surface area contributed by atoms with Crippen LogP contribution in [0.3, 0.4) is 0 Å². The van der Waals surface area contributed by atoms with E-state index in [2.05, 4.69) is 5.32 Å². The number of benzene rings is 1. The van der Waals surface area contributed by atoms with Crippen molar-refractivity contribution in [2.24, 2.45) is 0 Å². The molecule has 0 aromatic heterocycles. The molecule has 1 atom stereocenters. The first-order valence-corrected chi connectivity index (χ1v) is 4.53. The average Bonchev–Trinajstić information content (AvgIpc) is 2.68. The number of carboxylic acids is 1. The Morgan fingerprint density at radius 1 is 1.43 bits per heavy atom. The highest BCUT2D eigenvalue weighted by atomic mass is 16.4. The van der Waals surface area contributed by atoms with Gasteiger partial charge < -0.3 is 10.0 Å². The van der Waals surface area contributed by atoms with Crippen LogP contribution in [0.2, 0.25) is 0 Å². The molecule has 1 aromatic rings. The predicted molar refractivity (Wildman–Crippen MR) is 53.2 cm³/mol. The SMILES string of the molecule is O=C(O)C1CN(c2ccccc2)CN1. The summed E-state index contributed by atoms with van der Waals surface area (Å²) >= 11 is 0. The molecular weight excluding hydrogens is 180 g/mol. The molecule has 0 bridgehead atoms. The highest BCUT2D eigenvalue weighted by molar-refractivity contribution is 5.75. The molecule has 0 radical (unpaired) electrons. The van der Waals surface area contributed by atoms with Gasteiger partial charge in [0, 0.05) is 12.2 Å². The van der Waals surface area contributed by atoms with Crippen LogP contribution in [0.1, 0.15) is 0 Å². The molecule has 74 valence electrons. The number of aliphatic carboxylic acids is 1. The Kier molecular flexibility index (Phi) is 2.37. The molecule has 4 heteroatoms. The fourth-order valence-corrected chi connectivity index (χ4v) is 1.57. The summed E-state index contributed by atoms with van der Waals surface area (Å²) in [6, 6.07) is 9.35. The van der Waals surface area contributed by atoms with E-state index >= 15 is 0 Å². The maximum atomic E-state index is 10.7. The number of nitrogens with zero attached hydrogens (tertiary/aromatic N) is 1. The molecule has 4 nitrogen and oxygen atoms in total. The van der Waals surface area contributed by atoms with Crippen molar-refractivity contribution in [2.75, 3.05) is 18.1 Å². The van der Waals surface area contributed by atoms with Gasteiger partial charge in [-0.1, -0.05) is 18.2 Å². The lowest BCUT2D eigenvalue weighted by Gasteiger charge is -2.16. The van der Waals surface area contributed by atoms with Gasteiger partial charge >= 0.3 is 5.97 Å². The van der Waals surface area contributed by atoms with Crippen LogP contribution in [0.15, 0.2) is 30.3 Å². The number of carboxylic acid groups (broad SMARTS) is 1. The number of rotatable bonds is 2. The molecule has 1 unspecified atom stereocenters. The van der Waals surface area contributed by atoms with Gasteiger partial charge in [-0.05, 0) is 12.1 Å². The van der Waals surface area contributed by atoms with E-state index in [4.69, 9.17) is 5.11 Å². The first-order valence-electron chi connectivity index (χ1n) is 4.53. The van der Waals surface area contributed by atoms with Crippen molar-refractivity contribution in [1.29, 1.82) is 0 Å². The van der Waals surface area contributed by atoms with Crippen molar-refractivity contribution < 1.29 is 9.90 Å². The van der Waals surface area contributed by atoms with Crippen molar-refractivity contribution >= 4 is 11.7 Å². The number of para-hydroxylation sites is 1. The first-order chi connectivity index (χ1) is 6.77. The van der Waals surface area contributed by atoms with Gasteiger partial charge in [0.2, 0.25) is 0 Å². The Balaban J connectivity index is 2.06. The summed E-state index contributed by atoms with van der Waals surface area (Å²) < 4.78 is 0. The summed E-state index contributed by atoms with van der Waals surface area (Å²) in [5.41, 5.74) is 1.06. The van der Waals surface area contributed by atoms with Crippen LogP contribution < -0.4 is 10.2 Å². The Bertz CT molecular complexity index is 326. The van der Waals surface area contributed by atoms with E-state index < -0.39 is 12.0 Å². The topological polar surface area (TPSA) is 52.6 Å². The largest absolute Gasteiger partial charge is 0.480 e. The van der Waals surface area contributed by atoms with E-state index in [9.17, 15) is 4.79 Å². The molecule has 0 aliphatic carbocycles. The third-order valence-corrected chi connectivity index (χ3v) is 2.35. The van der Waals surface area contributed by atoms with Gasteiger partial charge in [-0.25, -0.2) is 0 Å². The van der Waals surface area contributed by atoms with Gasteiger partial charge in [0.15, 0.2) is 0 Å². The molecule has 1 saturated heterocycles. The Labute approximate surface area is 82.2 Å². The Hall–Kier alpha value is -1.55. The molecule has 1 heterocycles.